The van der Waals surface area contributed by atoms with Crippen LogP contribution < -0.4 is 10.5 Å². The summed E-state index contributed by atoms with van der Waals surface area (Å²) < 4.78 is 5.91. The molecular formula is C14H21BrN2O2. The normalized spacial score (nSPS) is 11.3. The zero-order valence-electron chi connectivity index (χ0n) is 11.9. The molecule has 0 bridgehead atoms. The molecule has 0 heterocycles. The predicted octanol–water partition coefficient (Wildman–Crippen LogP) is 2.51. The second-order valence-corrected chi connectivity index (χ2v) is 6.23. The van der Waals surface area contributed by atoms with Gasteiger partial charge < -0.3 is 15.4 Å². The summed E-state index contributed by atoms with van der Waals surface area (Å²) in [4.78, 5) is 14.1. The molecule has 0 fully saturated rings. The van der Waals surface area contributed by atoms with Gasteiger partial charge in [0, 0.05) is 18.1 Å². The second-order valence-electron chi connectivity index (χ2n) is 5.38. The first-order valence-electron chi connectivity index (χ1n) is 6.10. The third kappa shape index (κ3) is 4.21. The standard InChI is InChI=1S/C14H21BrN2O2/c1-14(2,8-16)9-17(3)13(18)11-7-10(19-4)5-6-12(11)15/h5-7H,8-9,16H2,1-4H3. The monoisotopic (exact) mass is 328 g/mol. The highest BCUT2D eigenvalue weighted by Crippen LogP contribution is 2.24. The molecule has 0 atom stereocenters. The van der Waals surface area contributed by atoms with E-state index in [9.17, 15) is 4.79 Å². The predicted molar refractivity (Wildman–Crippen MR) is 80.5 cm³/mol. The molecule has 0 aliphatic carbocycles. The fraction of sp³-hybridized carbons (Fsp3) is 0.500. The highest BCUT2D eigenvalue weighted by Gasteiger charge is 2.23. The van der Waals surface area contributed by atoms with Gasteiger partial charge in [0.15, 0.2) is 0 Å². The number of benzene rings is 1. The quantitative estimate of drug-likeness (QED) is 0.903. The summed E-state index contributed by atoms with van der Waals surface area (Å²) >= 11 is 3.40. The van der Waals surface area contributed by atoms with Gasteiger partial charge in [0.2, 0.25) is 0 Å². The van der Waals surface area contributed by atoms with Gasteiger partial charge in [0.25, 0.3) is 5.91 Å². The van der Waals surface area contributed by atoms with Crippen molar-refractivity contribution in [1.29, 1.82) is 0 Å². The molecule has 0 radical (unpaired) electrons. The van der Waals surface area contributed by atoms with Crippen LogP contribution in [-0.4, -0.2) is 38.1 Å². The average Bonchev–Trinajstić information content (AvgIpc) is 2.38. The maximum absolute atomic E-state index is 12.4. The van der Waals surface area contributed by atoms with Crippen LogP contribution in [0.4, 0.5) is 0 Å². The number of ether oxygens (including phenoxy) is 1. The number of amides is 1. The molecule has 2 N–H and O–H groups in total. The highest BCUT2D eigenvalue weighted by molar-refractivity contribution is 9.10. The van der Waals surface area contributed by atoms with Crippen LogP contribution in [0.3, 0.4) is 0 Å². The smallest absolute Gasteiger partial charge is 0.254 e. The van der Waals surface area contributed by atoms with Gasteiger partial charge in [-0.05, 0) is 46.1 Å². The summed E-state index contributed by atoms with van der Waals surface area (Å²) in [7, 11) is 3.37. The SMILES string of the molecule is COc1ccc(Br)c(C(=O)N(C)CC(C)(C)CN)c1. The molecule has 1 rings (SSSR count). The Morgan fingerprint density at radius 2 is 2.11 bits per heavy atom. The van der Waals surface area contributed by atoms with E-state index in [1.165, 1.54) is 0 Å². The van der Waals surface area contributed by atoms with Gasteiger partial charge >= 0.3 is 0 Å². The summed E-state index contributed by atoms with van der Waals surface area (Å²) in [5, 5.41) is 0. The van der Waals surface area contributed by atoms with Crippen LogP contribution in [0.15, 0.2) is 22.7 Å². The number of carbonyl (C=O) groups is 1. The van der Waals surface area contributed by atoms with Crippen molar-refractivity contribution in [2.45, 2.75) is 13.8 Å². The van der Waals surface area contributed by atoms with Crippen molar-refractivity contribution >= 4 is 21.8 Å². The Labute approximate surface area is 123 Å². The Kier molecular flexibility index (Phi) is 5.38. The lowest BCUT2D eigenvalue weighted by Gasteiger charge is -2.29. The van der Waals surface area contributed by atoms with Gasteiger partial charge in [0.05, 0.1) is 12.7 Å². The van der Waals surface area contributed by atoms with Crippen LogP contribution in [0.5, 0.6) is 5.75 Å². The lowest BCUT2D eigenvalue weighted by molar-refractivity contribution is 0.0739. The molecule has 4 nitrogen and oxygen atoms in total. The molecule has 1 aromatic carbocycles. The maximum atomic E-state index is 12.4. The van der Waals surface area contributed by atoms with Gasteiger partial charge in [-0.3, -0.25) is 4.79 Å². The van der Waals surface area contributed by atoms with Crippen LogP contribution in [0, 0.1) is 5.41 Å². The first kappa shape index (κ1) is 16.0. The van der Waals surface area contributed by atoms with Crippen LogP contribution in [0.1, 0.15) is 24.2 Å². The van der Waals surface area contributed by atoms with Crippen LogP contribution in [0.25, 0.3) is 0 Å². The Balaban J connectivity index is 2.93. The van der Waals surface area contributed by atoms with Crippen molar-refractivity contribution in [3.63, 3.8) is 0 Å². The molecular weight excluding hydrogens is 308 g/mol. The van der Waals surface area contributed by atoms with E-state index in [1.54, 1.807) is 25.1 Å². The number of hydrogen-bond donors (Lipinski definition) is 1. The fourth-order valence-electron chi connectivity index (χ4n) is 1.78. The summed E-state index contributed by atoms with van der Waals surface area (Å²) in [6.45, 7) is 5.21. The van der Waals surface area contributed by atoms with E-state index in [-0.39, 0.29) is 11.3 Å². The summed E-state index contributed by atoms with van der Waals surface area (Å²) in [6.07, 6.45) is 0. The zero-order valence-corrected chi connectivity index (χ0v) is 13.5. The van der Waals surface area contributed by atoms with Gasteiger partial charge in [-0.25, -0.2) is 0 Å². The van der Waals surface area contributed by atoms with E-state index in [0.717, 1.165) is 4.47 Å². The maximum Gasteiger partial charge on any atom is 0.254 e. The summed E-state index contributed by atoms with van der Waals surface area (Å²) in [5.74, 6) is 0.616. The molecule has 0 aromatic heterocycles. The molecule has 1 amide bonds. The van der Waals surface area contributed by atoms with E-state index in [4.69, 9.17) is 10.5 Å². The fourth-order valence-corrected chi connectivity index (χ4v) is 2.20. The van der Waals surface area contributed by atoms with E-state index < -0.39 is 0 Å². The molecule has 106 valence electrons. The molecule has 0 saturated carbocycles. The largest absolute Gasteiger partial charge is 0.497 e. The Morgan fingerprint density at radius 3 is 2.63 bits per heavy atom. The van der Waals surface area contributed by atoms with Crippen molar-refractivity contribution in [3.05, 3.63) is 28.2 Å². The first-order chi connectivity index (χ1) is 8.80. The Hall–Kier alpha value is -1.07. The molecule has 0 spiro atoms. The molecule has 1 aromatic rings. The minimum absolute atomic E-state index is 0.0488. The van der Waals surface area contributed by atoms with Gasteiger partial charge in [-0.2, -0.15) is 0 Å². The summed E-state index contributed by atoms with van der Waals surface area (Å²) in [6, 6.07) is 5.36. The van der Waals surface area contributed by atoms with Gasteiger partial charge in [0.1, 0.15) is 5.75 Å². The van der Waals surface area contributed by atoms with Crippen LogP contribution >= 0.6 is 15.9 Å². The van der Waals surface area contributed by atoms with Crippen molar-refractivity contribution in [2.24, 2.45) is 11.1 Å². The Bertz CT molecular complexity index is 461. The number of methoxy groups -OCH3 is 1. The molecule has 0 unspecified atom stereocenters. The van der Waals surface area contributed by atoms with Crippen LogP contribution in [-0.2, 0) is 0 Å². The second kappa shape index (κ2) is 6.39. The van der Waals surface area contributed by atoms with Gasteiger partial charge in [-0.15, -0.1) is 0 Å². The molecule has 0 aliphatic heterocycles. The molecule has 0 saturated heterocycles. The van der Waals surface area contributed by atoms with E-state index in [0.29, 0.717) is 24.4 Å². The van der Waals surface area contributed by atoms with E-state index >= 15 is 0 Å². The van der Waals surface area contributed by atoms with Crippen molar-refractivity contribution in [3.8, 4) is 5.75 Å². The minimum atomic E-state index is -0.101. The van der Waals surface area contributed by atoms with Crippen molar-refractivity contribution < 1.29 is 9.53 Å². The number of nitrogens with zero attached hydrogens (tertiary/aromatic N) is 1. The average molecular weight is 329 g/mol. The number of halogens is 1. The van der Waals surface area contributed by atoms with E-state index in [2.05, 4.69) is 15.9 Å². The lowest BCUT2D eigenvalue weighted by Crippen LogP contribution is -2.39. The minimum Gasteiger partial charge on any atom is -0.497 e. The first-order valence-corrected chi connectivity index (χ1v) is 6.89. The number of rotatable bonds is 5. The molecule has 5 heteroatoms. The van der Waals surface area contributed by atoms with Crippen molar-refractivity contribution in [1.82, 2.24) is 4.90 Å². The zero-order chi connectivity index (χ0) is 14.6. The van der Waals surface area contributed by atoms with Crippen LogP contribution in [0.2, 0.25) is 0 Å². The third-order valence-electron chi connectivity index (χ3n) is 2.97. The number of hydrogen-bond acceptors (Lipinski definition) is 3. The number of nitrogens with two attached hydrogens (primary N) is 1. The van der Waals surface area contributed by atoms with E-state index in [1.807, 2.05) is 26.0 Å². The molecule has 19 heavy (non-hydrogen) atoms. The summed E-state index contributed by atoms with van der Waals surface area (Å²) in [5.41, 5.74) is 6.19. The topological polar surface area (TPSA) is 55.6 Å². The molecule has 0 aliphatic rings. The van der Waals surface area contributed by atoms with Crippen molar-refractivity contribution in [2.75, 3.05) is 27.2 Å². The highest BCUT2D eigenvalue weighted by atomic mass is 79.9. The number of carbonyl (C=O) groups excluding carboxylic acids is 1. The van der Waals surface area contributed by atoms with Gasteiger partial charge in [-0.1, -0.05) is 13.8 Å². The third-order valence-corrected chi connectivity index (χ3v) is 3.66. The lowest BCUT2D eigenvalue weighted by atomic mass is 9.93. The Morgan fingerprint density at radius 1 is 1.47 bits per heavy atom.